The molecular formula is C14H22N4O4. The summed E-state index contributed by atoms with van der Waals surface area (Å²) >= 11 is 0. The summed E-state index contributed by atoms with van der Waals surface area (Å²) in [5.74, 6) is -0.0660. The lowest BCUT2D eigenvalue weighted by Crippen LogP contribution is -2.39. The van der Waals surface area contributed by atoms with Crippen LogP contribution in [0.15, 0.2) is 4.79 Å². The van der Waals surface area contributed by atoms with Crippen LogP contribution in [0.2, 0.25) is 0 Å². The molecule has 0 saturated heterocycles. The quantitative estimate of drug-likeness (QED) is 0.755. The van der Waals surface area contributed by atoms with E-state index in [4.69, 9.17) is 4.74 Å². The van der Waals surface area contributed by atoms with Crippen molar-refractivity contribution in [3.05, 3.63) is 21.6 Å². The van der Waals surface area contributed by atoms with Crippen molar-refractivity contribution in [2.45, 2.75) is 45.8 Å². The number of H-pyrrole nitrogens is 2. The van der Waals surface area contributed by atoms with Crippen LogP contribution in [0.1, 0.15) is 38.4 Å². The van der Waals surface area contributed by atoms with E-state index in [1.165, 1.54) is 0 Å². The van der Waals surface area contributed by atoms with Gasteiger partial charge in [-0.1, -0.05) is 0 Å². The molecule has 0 aromatic carbocycles. The van der Waals surface area contributed by atoms with E-state index in [9.17, 15) is 14.4 Å². The Kier molecular flexibility index (Phi) is 4.58. The fourth-order valence-electron chi connectivity index (χ4n) is 2.29. The molecule has 0 atom stereocenters. The van der Waals surface area contributed by atoms with Gasteiger partial charge in [0.1, 0.15) is 5.60 Å². The van der Waals surface area contributed by atoms with Gasteiger partial charge in [-0.3, -0.25) is 14.7 Å². The van der Waals surface area contributed by atoms with E-state index >= 15 is 0 Å². The smallest absolute Gasteiger partial charge is 0.407 e. The van der Waals surface area contributed by atoms with Crippen LogP contribution in [0.3, 0.4) is 0 Å². The van der Waals surface area contributed by atoms with Crippen molar-refractivity contribution in [2.75, 3.05) is 13.1 Å². The molecule has 1 aliphatic heterocycles. The van der Waals surface area contributed by atoms with Gasteiger partial charge in [0.15, 0.2) is 0 Å². The summed E-state index contributed by atoms with van der Waals surface area (Å²) in [7, 11) is 0. The number of rotatable bonds is 3. The Bertz CT molecular complexity index is 611. The van der Waals surface area contributed by atoms with Gasteiger partial charge in [0.05, 0.1) is 12.2 Å². The van der Waals surface area contributed by atoms with Gasteiger partial charge in [-0.2, -0.15) is 0 Å². The van der Waals surface area contributed by atoms with Gasteiger partial charge in [0.2, 0.25) is 5.91 Å². The second kappa shape index (κ2) is 6.25. The summed E-state index contributed by atoms with van der Waals surface area (Å²) < 4.78 is 5.10. The van der Waals surface area contributed by atoms with E-state index in [2.05, 4.69) is 15.5 Å². The molecule has 0 aliphatic carbocycles. The summed E-state index contributed by atoms with van der Waals surface area (Å²) in [5, 5.41) is 7.88. The highest BCUT2D eigenvalue weighted by Gasteiger charge is 2.23. The van der Waals surface area contributed by atoms with Crippen molar-refractivity contribution in [3.8, 4) is 0 Å². The number of aromatic nitrogens is 2. The highest BCUT2D eigenvalue weighted by atomic mass is 16.6. The lowest BCUT2D eigenvalue weighted by Gasteiger charge is -2.26. The van der Waals surface area contributed by atoms with Gasteiger partial charge >= 0.3 is 6.09 Å². The highest BCUT2D eigenvalue weighted by Crippen LogP contribution is 2.13. The number of ether oxygens (including phenoxy) is 1. The van der Waals surface area contributed by atoms with Crippen LogP contribution >= 0.6 is 0 Å². The van der Waals surface area contributed by atoms with Crippen LogP contribution < -0.4 is 10.9 Å². The van der Waals surface area contributed by atoms with Gasteiger partial charge < -0.3 is 20.1 Å². The Morgan fingerprint density at radius 2 is 2.05 bits per heavy atom. The number of alkyl carbamates (subject to hydrolysis) is 1. The minimum absolute atomic E-state index is 0.0660. The Morgan fingerprint density at radius 3 is 2.73 bits per heavy atom. The molecule has 0 saturated carbocycles. The lowest BCUT2D eigenvalue weighted by atomic mass is 10.1. The summed E-state index contributed by atoms with van der Waals surface area (Å²) in [4.78, 5) is 36.7. The van der Waals surface area contributed by atoms with E-state index in [0.717, 1.165) is 11.3 Å². The van der Waals surface area contributed by atoms with Crippen molar-refractivity contribution in [1.82, 2.24) is 20.4 Å². The van der Waals surface area contributed by atoms with Crippen LogP contribution in [0.4, 0.5) is 4.79 Å². The zero-order chi connectivity index (χ0) is 16.3. The Morgan fingerprint density at radius 1 is 1.32 bits per heavy atom. The zero-order valence-corrected chi connectivity index (χ0v) is 13.1. The first-order valence-electron chi connectivity index (χ1n) is 7.29. The number of nitrogens with zero attached hydrogens (tertiary/aromatic N) is 1. The first kappa shape index (κ1) is 16.1. The van der Waals surface area contributed by atoms with E-state index in [1.54, 1.807) is 25.7 Å². The molecule has 0 fully saturated rings. The van der Waals surface area contributed by atoms with Crippen molar-refractivity contribution in [1.29, 1.82) is 0 Å². The van der Waals surface area contributed by atoms with E-state index < -0.39 is 11.7 Å². The molecule has 2 heterocycles. The monoisotopic (exact) mass is 310 g/mol. The highest BCUT2D eigenvalue weighted by molar-refractivity contribution is 5.77. The second-order valence-corrected chi connectivity index (χ2v) is 6.28. The number of nitrogens with one attached hydrogen (secondary N) is 3. The van der Waals surface area contributed by atoms with Crippen molar-refractivity contribution in [2.24, 2.45) is 0 Å². The average Bonchev–Trinajstić information content (AvgIpc) is 2.78. The largest absolute Gasteiger partial charge is 0.444 e. The third kappa shape index (κ3) is 4.12. The van der Waals surface area contributed by atoms with Gasteiger partial charge in [-0.15, -0.1) is 0 Å². The molecule has 2 rings (SSSR count). The second-order valence-electron chi connectivity index (χ2n) is 6.28. The summed E-state index contributed by atoms with van der Waals surface area (Å²) in [5.41, 5.74) is 0.798. The molecule has 122 valence electrons. The predicted octanol–water partition coefficient (Wildman–Crippen LogP) is 0.502. The average molecular weight is 310 g/mol. The zero-order valence-electron chi connectivity index (χ0n) is 13.1. The van der Waals surface area contributed by atoms with Crippen LogP contribution in [-0.4, -0.2) is 45.8 Å². The SMILES string of the molecule is CC(C)(C)OC(=O)NCCC(=O)N1CCc2c([nH][nH]c2=O)C1. The van der Waals surface area contributed by atoms with Crippen LogP contribution in [0.5, 0.6) is 0 Å². The Balaban J connectivity index is 1.77. The molecule has 0 unspecified atom stereocenters. The number of carbonyl (C=O) groups excluding carboxylic acids is 2. The third-order valence-corrected chi connectivity index (χ3v) is 3.31. The fourth-order valence-corrected chi connectivity index (χ4v) is 2.29. The summed E-state index contributed by atoms with van der Waals surface area (Å²) in [6.07, 6.45) is 0.207. The maximum absolute atomic E-state index is 12.1. The number of fused-ring (bicyclic) bond motifs is 1. The van der Waals surface area contributed by atoms with Crippen molar-refractivity contribution >= 4 is 12.0 Å². The predicted molar refractivity (Wildman–Crippen MR) is 79.4 cm³/mol. The number of aromatic amines is 2. The minimum Gasteiger partial charge on any atom is -0.444 e. The topological polar surface area (TPSA) is 107 Å². The first-order valence-corrected chi connectivity index (χ1v) is 7.29. The van der Waals surface area contributed by atoms with Crippen LogP contribution in [0, 0.1) is 0 Å². The minimum atomic E-state index is -0.558. The molecule has 1 aliphatic rings. The summed E-state index contributed by atoms with van der Waals surface area (Å²) in [6, 6.07) is 0. The molecule has 2 amide bonds. The maximum atomic E-state index is 12.1. The molecule has 8 nitrogen and oxygen atoms in total. The standard InChI is InChI=1S/C14H22N4O4/c1-14(2,3)22-13(21)15-6-4-11(19)18-7-5-9-10(8-18)16-17-12(9)20/h4-8H2,1-3H3,(H,15,21)(H2,16,17,20). The third-order valence-electron chi connectivity index (χ3n) is 3.31. The maximum Gasteiger partial charge on any atom is 0.407 e. The molecule has 1 aromatic heterocycles. The van der Waals surface area contributed by atoms with Crippen molar-refractivity contribution in [3.63, 3.8) is 0 Å². The molecule has 0 radical (unpaired) electrons. The number of hydrogen-bond donors (Lipinski definition) is 3. The molecule has 0 spiro atoms. The van der Waals surface area contributed by atoms with Crippen LogP contribution in [0.25, 0.3) is 0 Å². The fraction of sp³-hybridized carbons (Fsp3) is 0.643. The molecule has 0 bridgehead atoms. The molecule has 1 aromatic rings. The lowest BCUT2D eigenvalue weighted by molar-refractivity contribution is -0.132. The Labute approximate surface area is 128 Å². The van der Waals surface area contributed by atoms with E-state index in [1.807, 2.05) is 0 Å². The van der Waals surface area contributed by atoms with Gasteiger partial charge in [0.25, 0.3) is 5.56 Å². The number of hydrogen-bond acceptors (Lipinski definition) is 4. The molecular weight excluding hydrogens is 288 g/mol. The normalized spacial score (nSPS) is 14.4. The Hall–Kier alpha value is -2.25. The van der Waals surface area contributed by atoms with Gasteiger partial charge in [-0.25, -0.2) is 4.79 Å². The summed E-state index contributed by atoms with van der Waals surface area (Å²) in [6.45, 7) is 6.46. The van der Waals surface area contributed by atoms with E-state index in [0.29, 0.717) is 19.5 Å². The molecule has 8 heteroatoms. The number of amides is 2. The van der Waals surface area contributed by atoms with Gasteiger partial charge in [0, 0.05) is 25.1 Å². The van der Waals surface area contributed by atoms with Gasteiger partial charge in [-0.05, 0) is 27.2 Å². The number of carbonyl (C=O) groups is 2. The van der Waals surface area contributed by atoms with E-state index in [-0.39, 0.29) is 24.4 Å². The molecule has 3 N–H and O–H groups in total. The van der Waals surface area contributed by atoms with Crippen LogP contribution in [-0.2, 0) is 22.5 Å². The molecule has 22 heavy (non-hydrogen) atoms. The first-order chi connectivity index (χ1) is 10.3. The van der Waals surface area contributed by atoms with Crippen molar-refractivity contribution < 1.29 is 14.3 Å².